The summed E-state index contributed by atoms with van der Waals surface area (Å²) in [7, 11) is 0. The molecular weight excluding hydrogens is 150 g/mol. The Morgan fingerprint density at radius 1 is 1.08 bits per heavy atom. The van der Waals surface area contributed by atoms with Crippen molar-refractivity contribution in [1.82, 2.24) is 0 Å². The van der Waals surface area contributed by atoms with Gasteiger partial charge in [0.2, 0.25) is 0 Å². The number of hydrogen-bond acceptors (Lipinski definition) is 2. The van der Waals surface area contributed by atoms with Crippen LogP contribution in [0.1, 0.15) is 44.9 Å². The second kappa shape index (κ2) is 3.00. The van der Waals surface area contributed by atoms with Gasteiger partial charge >= 0.3 is 0 Å². The minimum Gasteiger partial charge on any atom is -0.393 e. The summed E-state index contributed by atoms with van der Waals surface area (Å²) in [6, 6.07) is 0. The molecule has 0 aromatic carbocycles. The van der Waals surface area contributed by atoms with E-state index in [1.54, 1.807) is 0 Å². The number of aliphatic hydroxyl groups is 1. The molecular formula is C10H19NO. The van der Waals surface area contributed by atoms with E-state index < -0.39 is 0 Å². The van der Waals surface area contributed by atoms with Crippen molar-refractivity contribution in [3.8, 4) is 0 Å². The van der Waals surface area contributed by atoms with Gasteiger partial charge in [0.05, 0.1) is 6.10 Å². The Kier molecular flexibility index (Phi) is 2.13. The third kappa shape index (κ3) is 1.38. The minimum absolute atomic E-state index is 0.0137. The van der Waals surface area contributed by atoms with Crippen LogP contribution in [-0.2, 0) is 0 Å². The van der Waals surface area contributed by atoms with Crippen LogP contribution in [0.5, 0.6) is 0 Å². The highest BCUT2D eigenvalue weighted by molar-refractivity contribution is 5.03. The van der Waals surface area contributed by atoms with Crippen molar-refractivity contribution >= 4 is 0 Å². The summed E-state index contributed by atoms with van der Waals surface area (Å²) in [5, 5.41) is 9.23. The van der Waals surface area contributed by atoms with Gasteiger partial charge in [0, 0.05) is 5.54 Å². The molecule has 0 atom stereocenters. The predicted octanol–water partition coefficient (Wildman–Crippen LogP) is 1.42. The number of hydrogen-bond donors (Lipinski definition) is 2. The van der Waals surface area contributed by atoms with E-state index in [9.17, 15) is 5.11 Å². The van der Waals surface area contributed by atoms with E-state index in [1.165, 1.54) is 32.1 Å². The van der Waals surface area contributed by atoms with E-state index in [2.05, 4.69) is 0 Å². The smallest absolute Gasteiger partial charge is 0.0575 e. The van der Waals surface area contributed by atoms with Crippen LogP contribution in [0.4, 0.5) is 0 Å². The Hall–Kier alpha value is -0.0800. The van der Waals surface area contributed by atoms with Gasteiger partial charge in [-0.1, -0.05) is 19.3 Å². The first-order chi connectivity index (χ1) is 5.71. The van der Waals surface area contributed by atoms with Gasteiger partial charge in [0.25, 0.3) is 0 Å². The van der Waals surface area contributed by atoms with Crippen LogP contribution in [0.15, 0.2) is 0 Å². The van der Waals surface area contributed by atoms with E-state index in [0.29, 0.717) is 5.92 Å². The van der Waals surface area contributed by atoms with E-state index in [1.807, 2.05) is 0 Å². The zero-order valence-corrected chi connectivity index (χ0v) is 7.63. The maximum absolute atomic E-state index is 9.23. The van der Waals surface area contributed by atoms with Gasteiger partial charge in [0.1, 0.15) is 0 Å². The van der Waals surface area contributed by atoms with E-state index in [0.717, 1.165) is 12.8 Å². The second-order valence-corrected chi connectivity index (χ2v) is 4.63. The van der Waals surface area contributed by atoms with Crippen LogP contribution in [-0.4, -0.2) is 16.7 Å². The van der Waals surface area contributed by atoms with Crippen molar-refractivity contribution in [2.24, 2.45) is 11.7 Å². The normalized spacial score (nSPS) is 44.0. The quantitative estimate of drug-likeness (QED) is 0.623. The fourth-order valence-corrected chi connectivity index (χ4v) is 2.83. The molecule has 0 aromatic heterocycles. The molecule has 0 radical (unpaired) electrons. The summed E-state index contributed by atoms with van der Waals surface area (Å²) in [5.74, 6) is 0.703. The van der Waals surface area contributed by atoms with Crippen molar-refractivity contribution in [1.29, 1.82) is 0 Å². The molecule has 2 aliphatic rings. The fourth-order valence-electron chi connectivity index (χ4n) is 2.83. The molecule has 12 heavy (non-hydrogen) atoms. The fraction of sp³-hybridized carbons (Fsp3) is 1.00. The van der Waals surface area contributed by atoms with Crippen molar-refractivity contribution in [2.75, 3.05) is 0 Å². The van der Waals surface area contributed by atoms with Gasteiger partial charge < -0.3 is 10.8 Å². The standard InChI is InChI=1S/C10H19NO/c11-10(6-9(12)7-10)8-4-2-1-3-5-8/h8-9,12H,1-7,11H2. The SMILES string of the molecule is NC1(C2CCCCC2)CC(O)C1. The zero-order chi connectivity index (χ0) is 8.60. The van der Waals surface area contributed by atoms with E-state index in [-0.39, 0.29) is 11.6 Å². The maximum atomic E-state index is 9.23. The predicted molar refractivity (Wildman–Crippen MR) is 48.7 cm³/mol. The molecule has 2 rings (SSSR count). The van der Waals surface area contributed by atoms with Crippen LogP contribution < -0.4 is 5.73 Å². The van der Waals surface area contributed by atoms with Gasteiger partial charge in [0.15, 0.2) is 0 Å². The molecule has 0 amide bonds. The molecule has 3 N–H and O–H groups in total. The van der Waals surface area contributed by atoms with E-state index >= 15 is 0 Å². The summed E-state index contributed by atoms with van der Waals surface area (Å²) in [6.07, 6.45) is 8.26. The molecule has 0 saturated heterocycles. The molecule has 2 fully saturated rings. The first-order valence-electron chi connectivity index (χ1n) is 5.18. The molecule has 0 unspecified atom stereocenters. The highest BCUT2D eigenvalue weighted by Crippen LogP contribution is 2.42. The Morgan fingerprint density at radius 3 is 2.17 bits per heavy atom. The lowest BCUT2D eigenvalue weighted by atomic mass is 9.63. The van der Waals surface area contributed by atoms with Gasteiger partial charge in [-0.3, -0.25) is 0 Å². The Morgan fingerprint density at radius 2 is 1.67 bits per heavy atom. The Balaban J connectivity index is 1.90. The molecule has 2 aliphatic carbocycles. The monoisotopic (exact) mass is 169 g/mol. The van der Waals surface area contributed by atoms with Crippen LogP contribution in [0.25, 0.3) is 0 Å². The van der Waals surface area contributed by atoms with E-state index in [4.69, 9.17) is 5.73 Å². The molecule has 0 heterocycles. The summed E-state index contributed by atoms with van der Waals surface area (Å²) in [4.78, 5) is 0. The molecule has 2 saturated carbocycles. The maximum Gasteiger partial charge on any atom is 0.0575 e. The number of nitrogens with two attached hydrogens (primary N) is 1. The van der Waals surface area contributed by atoms with Crippen LogP contribution >= 0.6 is 0 Å². The van der Waals surface area contributed by atoms with Gasteiger partial charge in [-0.25, -0.2) is 0 Å². The molecule has 70 valence electrons. The third-order valence-corrected chi connectivity index (χ3v) is 3.65. The average molecular weight is 169 g/mol. The molecule has 0 aliphatic heterocycles. The second-order valence-electron chi connectivity index (χ2n) is 4.63. The van der Waals surface area contributed by atoms with Crippen LogP contribution in [0.2, 0.25) is 0 Å². The Bertz CT molecular complexity index is 157. The molecule has 2 nitrogen and oxygen atoms in total. The summed E-state index contributed by atoms with van der Waals surface area (Å²) >= 11 is 0. The minimum atomic E-state index is -0.100. The molecule has 0 spiro atoms. The first kappa shape index (κ1) is 8.52. The molecule has 0 bridgehead atoms. The van der Waals surface area contributed by atoms with Crippen molar-refractivity contribution in [3.05, 3.63) is 0 Å². The zero-order valence-electron chi connectivity index (χ0n) is 7.63. The average Bonchev–Trinajstić information content (AvgIpc) is 2.04. The lowest BCUT2D eigenvalue weighted by molar-refractivity contribution is -0.0175. The van der Waals surface area contributed by atoms with Crippen LogP contribution in [0, 0.1) is 5.92 Å². The van der Waals surface area contributed by atoms with Gasteiger partial charge in [-0.15, -0.1) is 0 Å². The molecule has 2 heteroatoms. The summed E-state index contributed by atoms with van der Waals surface area (Å²) in [6.45, 7) is 0. The molecule has 0 aromatic rings. The summed E-state index contributed by atoms with van der Waals surface area (Å²) in [5.41, 5.74) is 6.22. The highest BCUT2D eigenvalue weighted by atomic mass is 16.3. The lowest BCUT2D eigenvalue weighted by Gasteiger charge is -2.49. The third-order valence-electron chi connectivity index (χ3n) is 3.65. The first-order valence-corrected chi connectivity index (χ1v) is 5.18. The number of aliphatic hydroxyl groups excluding tert-OH is 1. The number of rotatable bonds is 1. The largest absolute Gasteiger partial charge is 0.393 e. The van der Waals surface area contributed by atoms with Crippen molar-refractivity contribution in [3.63, 3.8) is 0 Å². The van der Waals surface area contributed by atoms with Crippen LogP contribution in [0.3, 0.4) is 0 Å². The topological polar surface area (TPSA) is 46.2 Å². The van der Waals surface area contributed by atoms with Crippen molar-refractivity contribution in [2.45, 2.75) is 56.6 Å². The van der Waals surface area contributed by atoms with Gasteiger partial charge in [-0.2, -0.15) is 0 Å². The Labute approximate surface area is 74.1 Å². The van der Waals surface area contributed by atoms with Gasteiger partial charge in [-0.05, 0) is 31.6 Å². The van der Waals surface area contributed by atoms with Crippen molar-refractivity contribution < 1.29 is 5.11 Å². The lowest BCUT2D eigenvalue weighted by Crippen LogP contribution is -2.59. The summed E-state index contributed by atoms with van der Waals surface area (Å²) < 4.78 is 0. The highest BCUT2D eigenvalue weighted by Gasteiger charge is 2.45.